The number of urea groups is 1. The first-order valence-corrected chi connectivity index (χ1v) is 14.2. The third kappa shape index (κ3) is 5.82. The lowest BCUT2D eigenvalue weighted by Crippen LogP contribution is -2.59. The topological polar surface area (TPSA) is 153 Å². The second-order valence-corrected chi connectivity index (χ2v) is 11.0. The third-order valence-electron chi connectivity index (χ3n) is 7.52. The zero-order valence-electron chi connectivity index (χ0n) is 23.8. The molecule has 1 aliphatic heterocycles. The summed E-state index contributed by atoms with van der Waals surface area (Å²) >= 11 is 0. The molecule has 2 aliphatic rings. The van der Waals surface area contributed by atoms with Gasteiger partial charge < -0.3 is 20.5 Å². The molecule has 13 heteroatoms. The van der Waals surface area contributed by atoms with E-state index in [1.54, 1.807) is 13.0 Å². The van der Waals surface area contributed by atoms with Gasteiger partial charge in [0, 0.05) is 30.1 Å². The van der Waals surface area contributed by atoms with Crippen molar-refractivity contribution in [2.75, 3.05) is 17.2 Å². The molecule has 42 heavy (non-hydrogen) atoms. The van der Waals surface area contributed by atoms with Gasteiger partial charge >= 0.3 is 11.9 Å². The Morgan fingerprint density at radius 3 is 2.64 bits per heavy atom. The Morgan fingerprint density at radius 1 is 1.19 bits per heavy atom. The number of carbonyl (C=O) groups is 3. The Kier molecular flexibility index (Phi) is 8.48. The third-order valence-corrected chi connectivity index (χ3v) is 7.52. The number of H-pyrrole nitrogens is 1. The van der Waals surface area contributed by atoms with Gasteiger partial charge in [-0.2, -0.15) is 19.4 Å². The number of nitrogens with one attached hydrogen (secondary N) is 3. The van der Waals surface area contributed by atoms with Crippen molar-refractivity contribution in [3.63, 3.8) is 0 Å². The predicted molar refractivity (Wildman–Crippen MR) is 153 cm³/mol. The Bertz CT molecular complexity index is 1530. The number of imide groups is 1. The standard InChI is InChI=1S/C29H34FN7O5/c1-16(2)36-14-20(28(40)37(29(36)41)19-7-5-4-6-8-19)27(39)33-18-9-10-22(21(30)13-18)42-23-11-12-31-25-24(23)26(35-34-25)32-17(3)15-38/h9-14,16-17,19-20,38H,4-8,15H2,1-3H3,(H2-,31,32,33,34,35,39)/p+1/t17-,20?/m1/s1. The minimum atomic E-state index is -1.23. The Hall–Kier alpha value is -4.39. The molecule has 4 amide bonds. The summed E-state index contributed by atoms with van der Waals surface area (Å²) in [5.74, 6) is -2.64. The number of hydrogen-bond donors (Lipinski definition) is 4. The number of aromatic amines is 1. The van der Waals surface area contributed by atoms with Gasteiger partial charge in [-0.15, -0.1) is 0 Å². The SMILES string of the molecule is CC(C)[N+]1=CC(C(=O)Nc2ccc(Oc3ccnc4[nH]nc(N[C@H](C)CO)c34)c(F)c2)C(=O)N(C2CCCCC2)C1=O. The molecule has 0 radical (unpaired) electrons. The molecular formula is C29H35FN7O5+. The summed E-state index contributed by atoms with van der Waals surface area (Å²) < 4.78 is 22.5. The van der Waals surface area contributed by atoms with Gasteiger partial charge in [0.05, 0.1) is 18.9 Å². The minimum absolute atomic E-state index is 0.108. The van der Waals surface area contributed by atoms with Crippen LogP contribution in [0.5, 0.6) is 11.5 Å². The average molecular weight is 581 g/mol. The predicted octanol–water partition coefficient (Wildman–Crippen LogP) is 4.02. The summed E-state index contributed by atoms with van der Waals surface area (Å²) in [4.78, 5) is 45.4. The van der Waals surface area contributed by atoms with Crippen molar-refractivity contribution in [3.05, 3.63) is 36.3 Å². The quantitative estimate of drug-likeness (QED) is 0.219. The molecule has 222 valence electrons. The van der Waals surface area contributed by atoms with E-state index < -0.39 is 29.6 Å². The van der Waals surface area contributed by atoms with E-state index in [2.05, 4.69) is 25.8 Å². The van der Waals surface area contributed by atoms with Gasteiger partial charge in [0.25, 0.3) is 0 Å². The summed E-state index contributed by atoms with van der Waals surface area (Å²) in [5, 5.41) is 22.5. The molecule has 2 atom stereocenters. The summed E-state index contributed by atoms with van der Waals surface area (Å²) in [5.41, 5.74) is 0.541. The first kappa shape index (κ1) is 29.1. The van der Waals surface area contributed by atoms with Gasteiger partial charge in [0.2, 0.25) is 5.91 Å². The van der Waals surface area contributed by atoms with Gasteiger partial charge in [0.15, 0.2) is 28.9 Å². The summed E-state index contributed by atoms with van der Waals surface area (Å²) in [6.07, 6.45) is 7.17. The lowest BCUT2D eigenvalue weighted by atomic mass is 9.92. The fraction of sp³-hybridized carbons (Fsp3) is 0.448. The number of anilines is 2. The Labute approximate surface area is 242 Å². The molecule has 1 aliphatic carbocycles. The Morgan fingerprint density at radius 2 is 1.95 bits per heavy atom. The van der Waals surface area contributed by atoms with E-state index in [9.17, 15) is 19.5 Å². The molecule has 1 unspecified atom stereocenters. The number of carbonyl (C=O) groups excluding carboxylic acids is 3. The highest BCUT2D eigenvalue weighted by Gasteiger charge is 2.50. The molecule has 1 saturated carbocycles. The maximum absolute atomic E-state index is 15.2. The summed E-state index contributed by atoms with van der Waals surface area (Å²) in [6.45, 7) is 5.28. The maximum Gasteiger partial charge on any atom is 0.500 e. The molecule has 12 nitrogen and oxygen atoms in total. The number of amides is 4. The molecule has 2 aromatic heterocycles. The fourth-order valence-corrected chi connectivity index (χ4v) is 5.30. The summed E-state index contributed by atoms with van der Waals surface area (Å²) in [7, 11) is 0. The van der Waals surface area contributed by atoms with E-state index in [1.165, 1.54) is 34.0 Å². The van der Waals surface area contributed by atoms with Crippen LogP contribution in [0, 0.1) is 11.7 Å². The van der Waals surface area contributed by atoms with Crippen LogP contribution in [0.3, 0.4) is 0 Å². The molecule has 4 N–H and O–H groups in total. The van der Waals surface area contributed by atoms with Crippen LogP contribution in [0.4, 0.5) is 20.7 Å². The highest BCUT2D eigenvalue weighted by Crippen LogP contribution is 2.35. The van der Waals surface area contributed by atoms with Crippen LogP contribution < -0.4 is 15.4 Å². The first-order chi connectivity index (χ1) is 20.2. The van der Waals surface area contributed by atoms with Crippen molar-refractivity contribution in [2.45, 2.75) is 71.0 Å². The van der Waals surface area contributed by atoms with Crippen molar-refractivity contribution in [1.29, 1.82) is 0 Å². The molecule has 3 heterocycles. The van der Waals surface area contributed by atoms with Crippen LogP contribution >= 0.6 is 0 Å². The molecule has 1 aromatic carbocycles. The number of aliphatic hydroxyl groups excluding tert-OH is 1. The normalized spacial score (nSPS) is 18.8. The number of pyridine rings is 1. The fourth-order valence-electron chi connectivity index (χ4n) is 5.30. The summed E-state index contributed by atoms with van der Waals surface area (Å²) in [6, 6.07) is 4.30. The van der Waals surface area contributed by atoms with Crippen LogP contribution in [0.15, 0.2) is 30.5 Å². The molecule has 0 saturated heterocycles. The molecule has 3 aromatic rings. The lowest BCUT2D eigenvalue weighted by molar-refractivity contribution is -0.470. The van der Waals surface area contributed by atoms with Crippen LogP contribution in [0.25, 0.3) is 11.0 Å². The van der Waals surface area contributed by atoms with Gasteiger partial charge in [-0.3, -0.25) is 9.89 Å². The van der Waals surface area contributed by atoms with Crippen molar-refractivity contribution in [2.24, 2.45) is 5.92 Å². The highest BCUT2D eigenvalue weighted by atomic mass is 19.1. The van der Waals surface area contributed by atoms with E-state index in [-0.39, 0.29) is 41.9 Å². The number of benzene rings is 1. The van der Waals surface area contributed by atoms with Crippen LogP contribution in [-0.2, 0) is 9.59 Å². The number of aromatic nitrogens is 3. The van der Waals surface area contributed by atoms with Gasteiger partial charge in [-0.05, 0) is 58.6 Å². The molecular weight excluding hydrogens is 545 g/mol. The first-order valence-electron chi connectivity index (χ1n) is 14.2. The number of fused-ring (bicyclic) bond motifs is 1. The lowest BCUT2D eigenvalue weighted by Gasteiger charge is -2.31. The van der Waals surface area contributed by atoms with E-state index in [1.807, 2.05) is 13.8 Å². The van der Waals surface area contributed by atoms with Crippen molar-refractivity contribution >= 4 is 46.6 Å². The van der Waals surface area contributed by atoms with Crippen molar-refractivity contribution in [1.82, 2.24) is 20.1 Å². The van der Waals surface area contributed by atoms with E-state index in [0.717, 1.165) is 25.3 Å². The molecule has 0 spiro atoms. The average Bonchev–Trinajstić information content (AvgIpc) is 3.38. The van der Waals surface area contributed by atoms with E-state index >= 15 is 4.39 Å². The smallest absolute Gasteiger partial charge is 0.453 e. The number of nitrogens with zero attached hydrogens (tertiary/aromatic N) is 4. The maximum atomic E-state index is 15.2. The number of rotatable bonds is 9. The molecule has 5 rings (SSSR count). The number of aliphatic hydroxyl groups is 1. The minimum Gasteiger partial charge on any atom is -0.453 e. The highest BCUT2D eigenvalue weighted by molar-refractivity contribution is 6.20. The van der Waals surface area contributed by atoms with Crippen molar-refractivity contribution < 1.29 is 33.2 Å². The molecule has 0 bridgehead atoms. The monoisotopic (exact) mass is 580 g/mol. The van der Waals surface area contributed by atoms with Gasteiger partial charge in [0.1, 0.15) is 17.2 Å². The van der Waals surface area contributed by atoms with E-state index in [4.69, 9.17) is 4.74 Å². The number of hydrogen-bond acceptors (Lipinski definition) is 8. The van der Waals surface area contributed by atoms with Crippen LogP contribution in [0.1, 0.15) is 52.9 Å². The van der Waals surface area contributed by atoms with E-state index in [0.29, 0.717) is 29.7 Å². The zero-order valence-corrected chi connectivity index (χ0v) is 23.8. The number of halogens is 1. The van der Waals surface area contributed by atoms with Crippen molar-refractivity contribution in [3.8, 4) is 11.5 Å². The van der Waals surface area contributed by atoms with Gasteiger partial charge in [-0.25, -0.2) is 14.2 Å². The largest absolute Gasteiger partial charge is 0.500 e. The second kappa shape index (κ2) is 12.2. The van der Waals surface area contributed by atoms with Crippen LogP contribution in [0.2, 0.25) is 0 Å². The second-order valence-electron chi connectivity index (χ2n) is 11.0. The van der Waals surface area contributed by atoms with Crippen LogP contribution in [-0.4, -0.2) is 78.6 Å². The molecule has 1 fully saturated rings. The Balaban J connectivity index is 1.35. The van der Waals surface area contributed by atoms with Gasteiger partial charge in [-0.1, -0.05) is 6.42 Å². The number of ether oxygens (including phenoxy) is 1. The zero-order chi connectivity index (χ0) is 30.0.